The predicted octanol–water partition coefficient (Wildman–Crippen LogP) is 3.45. The van der Waals surface area contributed by atoms with Gasteiger partial charge in [0.15, 0.2) is 0 Å². The fraction of sp³-hybridized carbons (Fsp3) is 0.333. The molecular formula is C21H25N5OS. The Morgan fingerprint density at radius 1 is 1.14 bits per heavy atom. The number of nitrogens with zero attached hydrogens (tertiary/aromatic N) is 4. The highest BCUT2D eigenvalue weighted by Gasteiger charge is 2.17. The Hall–Kier alpha value is -2.80. The summed E-state index contributed by atoms with van der Waals surface area (Å²) in [6.45, 7) is 5.25. The van der Waals surface area contributed by atoms with E-state index in [-0.39, 0.29) is 11.9 Å². The van der Waals surface area contributed by atoms with Gasteiger partial charge in [0, 0.05) is 43.2 Å². The van der Waals surface area contributed by atoms with Crippen LogP contribution in [0.2, 0.25) is 0 Å². The molecule has 0 saturated heterocycles. The van der Waals surface area contributed by atoms with Crippen LogP contribution in [0, 0.1) is 0 Å². The van der Waals surface area contributed by atoms with Gasteiger partial charge in [-0.25, -0.2) is 4.98 Å². The van der Waals surface area contributed by atoms with Crippen LogP contribution < -0.4 is 10.2 Å². The van der Waals surface area contributed by atoms with E-state index in [1.54, 1.807) is 6.20 Å². The van der Waals surface area contributed by atoms with Gasteiger partial charge in [0.05, 0.1) is 12.2 Å². The predicted molar refractivity (Wildman–Crippen MR) is 112 cm³/mol. The number of benzene rings is 1. The second-order valence-electron chi connectivity index (χ2n) is 6.79. The summed E-state index contributed by atoms with van der Waals surface area (Å²) in [5.74, 6) is 0.821. The number of hydrogen-bond acceptors (Lipinski definition) is 6. The largest absolute Gasteiger partial charge is 0.350 e. The highest BCUT2D eigenvalue weighted by atomic mass is 32.1. The quantitative estimate of drug-likeness (QED) is 0.601. The van der Waals surface area contributed by atoms with E-state index >= 15 is 0 Å². The van der Waals surface area contributed by atoms with Gasteiger partial charge in [-0.3, -0.25) is 9.78 Å². The van der Waals surface area contributed by atoms with Crippen LogP contribution in [0.1, 0.15) is 37.4 Å². The van der Waals surface area contributed by atoms with Gasteiger partial charge in [0.2, 0.25) is 11.0 Å². The molecule has 1 amide bonds. The van der Waals surface area contributed by atoms with E-state index in [0.29, 0.717) is 25.9 Å². The molecular weight excluding hydrogens is 370 g/mol. The maximum Gasteiger partial charge on any atom is 0.222 e. The van der Waals surface area contributed by atoms with Crippen molar-refractivity contribution < 1.29 is 4.79 Å². The van der Waals surface area contributed by atoms with E-state index in [9.17, 15) is 4.79 Å². The number of carbonyl (C=O) groups excluding carboxylic acids is 1. The lowest BCUT2D eigenvalue weighted by Crippen LogP contribution is -2.35. The number of carbonyl (C=O) groups is 1. The number of pyridine rings is 1. The normalized spacial score (nSPS) is 10.8. The second-order valence-corrected chi connectivity index (χ2v) is 7.52. The average molecular weight is 396 g/mol. The maximum absolute atomic E-state index is 12.2. The van der Waals surface area contributed by atoms with Crippen molar-refractivity contribution in [2.24, 2.45) is 0 Å². The maximum atomic E-state index is 12.2. The molecule has 146 valence electrons. The summed E-state index contributed by atoms with van der Waals surface area (Å²) in [7, 11) is 0. The molecule has 2 aromatic heterocycles. The van der Waals surface area contributed by atoms with E-state index in [0.717, 1.165) is 16.6 Å². The van der Waals surface area contributed by atoms with Crippen LogP contribution in [0.15, 0.2) is 54.7 Å². The first-order valence-corrected chi connectivity index (χ1v) is 10.2. The monoisotopic (exact) mass is 395 g/mol. The Labute approximate surface area is 169 Å². The third-order valence-corrected chi connectivity index (χ3v) is 5.10. The molecule has 0 unspecified atom stereocenters. The zero-order valence-electron chi connectivity index (χ0n) is 16.2. The average Bonchev–Trinajstić information content (AvgIpc) is 3.16. The molecule has 1 N–H and O–H groups in total. The minimum Gasteiger partial charge on any atom is -0.350 e. The van der Waals surface area contributed by atoms with E-state index < -0.39 is 0 Å². The van der Waals surface area contributed by atoms with Gasteiger partial charge in [0.25, 0.3) is 0 Å². The number of rotatable bonds is 9. The van der Waals surface area contributed by atoms with Crippen molar-refractivity contribution in [1.82, 2.24) is 19.7 Å². The van der Waals surface area contributed by atoms with E-state index in [4.69, 9.17) is 4.98 Å². The number of hydrogen-bond donors (Lipinski definition) is 1. The van der Waals surface area contributed by atoms with Crippen molar-refractivity contribution in [3.05, 3.63) is 71.8 Å². The van der Waals surface area contributed by atoms with Gasteiger partial charge in [-0.15, -0.1) is 0 Å². The highest BCUT2D eigenvalue weighted by molar-refractivity contribution is 7.09. The molecule has 3 aromatic rings. The number of nitrogens with one attached hydrogen (secondary N) is 1. The van der Waals surface area contributed by atoms with Gasteiger partial charge in [-0.1, -0.05) is 36.4 Å². The first-order chi connectivity index (χ1) is 13.6. The minimum atomic E-state index is 0.00493. The lowest BCUT2D eigenvalue weighted by molar-refractivity contribution is -0.121. The molecule has 0 atom stereocenters. The molecule has 7 heteroatoms. The smallest absolute Gasteiger partial charge is 0.222 e. The van der Waals surface area contributed by atoms with Crippen LogP contribution in [0.3, 0.4) is 0 Å². The molecule has 3 rings (SSSR count). The number of anilines is 1. The Bertz CT molecular complexity index is 867. The van der Waals surface area contributed by atoms with Crippen LogP contribution >= 0.6 is 11.5 Å². The van der Waals surface area contributed by atoms with Gasteiger partial charge in [-0.05, 0) is 31.5 Å². The topological polar surface area (TPSA) is 71.0 Å². The molecule has 28 heavy (non-hydrogen) atoms. The SMILES string of the molecule is CC(C)N(CCC(=O)NCc1ccccn1)c1nc(Cc2ccccc2)ns1. The molecule has 0 aliphatic rings. The van der Waals surface area contributed by atoms with Crippen molar-refractivity contribution in [2.75, 3.05) is 11.4 Å². The third-order valence-electron chi connectivity index (χ3n) is 4.30. The lowest BCUT2D eigenvalue weighted by Gasteiger charge is -2.25. The van der Waals surface area contributed by atoms with Crippen LogP contribution in [-0.2, 0) is 17.8 Å². The number of amides is 1. The number of aromatic nitrogens is 3. The van der Waals surface area contributed by atoms with Gasteiger partial charge in [0.1, 0.15) is 5.82 Å². The Balaban J connectivity index is 1.54. The summed E-state index contributed by atoms with van der Waals surface area (Å²) < 4.78 is 4.50. The molecule has 0 spiro atoms. The Morgan fingerprint density at radius 3 is 2.64 bits per heavy atom. The zero-order chi connectivity index (χ0) is 19.8. The third kappa shape index (κ3) is 5.85. The molecule has 0 radical (unpaired) electrons. The Morgan fingerprint density at radius 2 is 1.93 bits per heavy atom. The van der Waals surface area contributed by atoms with Crippen LogP contribution in [0.5, 0.6) is 0 Å². The molecule has 2 heterocycles. The second kappa shape index (κ2) is 9.94. The van der Waals surface area contributed by atoms with Gasteiger partial charge in [-0.2, -0.15) is 4.37 Å². The molecule has 0 saturated carbocycles. The summed E-state index contributed by atoms with van der Waals surface area (Å²) in [5, 5.41) is 3.78. The van der Waals surface area contributed by atoms with E-state index in [2.05, 4.69) is 45.6 Å². The molecule has 0 aliphatic heterocycles. The highest BCUT2D eigenvalue weighted by Crippen LogP contribution is 2.21. The summed E-state index contributed by atoms with van der Waals surface area (Å²) in [6, 6.07) is 16.1. The van der Waals surface area contributed by atoms with Crippen LogP contribution in [0.4, 0.5) is 5.13 Å². The minimum absolute atomic E-state index is 0.00493. The molecule has 0 fully saturated rings. The van der Waals surface area contributed by atoms with Crippen molar-refractivity contribution in [3.63, 3.8) is 0 Å². The fourth-order valence-corrected chi connectivity index (χ4v) is 3.63. The van der Waals surface area contributed by atoms with E-state index in [1.807, 2.05) is 36.4 Å². The lowest BCUT2D eigenvalue weighted by atomic mass is 10.1. The van der Waals surface area contributed by atoms with E-state index in [1.165, 1.54) is 17.1 Å². The van der Waals surface area contributed by atoms with Gasteiger partial charge >= 0.3 is 0 Å². The molecule has 0 aliphatic carbocycles. The summed E-state index contributed by atoms with van der Waals surface area (Å²) >= 11 is 1.39. The fourth-order valence-electron chi connectivity index (χ4n) is 2.79. The van der Waals surface area contributed by atoms with Crippen molar-refractivity contribution >= 4 is 22.6 Å². The van der Waals surface area contributed by atoms with Crippen LogP contribution in [-0.4, -0.2) is 32.8 Å². The molecule has 6 nitrogen and oxygen atoms in total. The summed E-state index contributed by atoms with van der Waals surface area (Å²) in [4.78, 5) is 23.3. The van der Waals surface area contributed by atoms with Crippen molar-refractivity contribution in [1.29, 1.82) is 0 Å². The first-order valence-electron chi connectivity index (χ1n) is 9.41. The summed E-state index contributed by atoms with van der Waals surface area (Å²) in [6.07, 6.45) is 2.84. The van der Waals surface area contributed by atoms with Crippen molar-refractivity contribution in [3.8, 4) is 0 Å². The zero-order valence-corrected chi connectivity index (χ0v) is 17.0. The first kappa shape index (κ1) is 19.9. The van der Waals surface area contributed by atoms with Crippen molar-refractivity contribution in [2.45, 2.75) is 39.3 Å². The molecule has 1 aromatic carbocycles. The molecule has 0 bridgehead atoms. The van der Waals surface area contributed by atoms with Crippen LogP contribution in [0.25, 0.3) is 0 Å². The van der Waals surface area contributed by atoms with Gasteiger partial charge < -0.3 is 10.2 Å². The Kier molecular flexibility index (Phi) is 7.08. The standard InChI is InChI=1S/C21H25N5OS/c1-16(2)26(13-11-20(27)23-15-18-10-6-7-12-22-18)21-24-19(25-28-21)14-17-8-4-3-5-9-17/h3-10,12,16H,11,13-15H2,1-2H3,(H,23,27). The summed E-state index contributed by atoms with van der Waals surface area (Å²) in [5.41, 5.74) is 2.04.